The molecule has 2 heterocycles. The zero-order valence-electron chi connectivity index (χ0n) is 11.8. The summed E-state index contributed by atoms with van der Waals surface area (Å²) in [6, 6.07) is 8.46. The van der Waals surface area contributed by atoms with Gasteiger partial charge in [0.2, 0.25) is 5.91 Å². The first-order chi connectivity index (χ1) is 9.81. The van der Waals surface area contributed by atoms with Gasteiger partial charge >= 0.3 is 0 Å². The van der Waals surface area contributed by atoms with Crippen LogP contribution in [0.4, 0.5) is 0 Å². The molecule has 3 atom stereocenters. The number of likely N-dealkylation sites (tertiary alicyclic amines) is 1. The minimum atomic E-state index is -0.0104. The van der Waals surface area contributed by atoms with Crippen LogP contribution in [0.25, 0.3) is 0 Å². The first-order valence-corrected chi connectivity index (χ1v) is 7.90. The summed E-state index contributed by atoms with van der Waals surface area (Å²) in [6.07, 6.45) is 4.87. The number of nitrogens with one attached hydrogen (secondary N) is 1. The molecule has 4 rings (SSSR count). The molecular formula is C17H22N2O. The Labute approximate surface area is 120 Å². The van der Waals surface area contributed by atoms with E-state index >= 15 is 0 Å². The summed E-state index contributed by atoms with van der Waals surface area (Å²) in [4.78, 5) is 14.8. The van der Waals surface area contributed by atoms with Gasteiger partial charge in [0.25, 0.3) is 0 Å². The summed E-state index contributed by atoms with van der Waals surface area (Å²) in [5.41, 5.74) is 2.68. The van der Waals surface area contributed by atoms with Crippen molar-refractivity contribution in [2.24, 2.45) is 11.8 Å². The van der Waals surface area contributed by atoms with Gasteiger partial charge in [-0.1, -0.05) is 30.7 Å². The van der Waals surface area contributed by atoms with E-state index in [1.165, 1.54) is 30.4 Å². The van der Waals surface area contributed by atoms with Gasteiger partial charge < -0.3 is 10.2 Å². The van der Waals surface area contributed by atoms with Gasteiger partial charge in [-0.15, -0.1) is 0 Å². The van der Waals surface area contributed by atoms with Crippen LogP contribution in [0.15, 0.2) is 24.3 Å². The van der Waals surface area contributed by atoms with Crippen LogP contribution in [0.2, 0.25) is 0 Å². The van der Waals surface area contributed by atoms with Crippen molar-refractivity contribution in [2.75, 3.05) is 13.1 Å². The molecule has 2 unspecified atom stereocenters. The molecule has 3 heteroatoms. The van der Waals surface area contributed by atoms with Crippen LogP contribution in [0.3, 0.4) is 0 Å². The number of fused-ring (bicyclic) bond motifs is 2. The second kappa shape index (κ2) is 4.88. The number of carbonyl (C=O) groups is 1. The van der Waals surface area contributed by atoms with Crippen LogP contribution >= 0.6 is 0 Å². The van der Waals surface area contributed by atoms with E-state index in [0.717, 1.165) is 37.9 Å². The van der Waals surface area contributed by atoms with E-state index in [2.05, 4.69) is 34.5 Å². The van der Waals surface area contributed by atoms with Crippen LogP contribution in [0.5, 0.6) is 0 Å². The molecule has 1 saturated heterocycles. The Hall–Kier alpha value is -1.35. The lowest BCUT2D eigenvalue weighted by atomic mass is 9.95. The molecule has 1 aromatic rings. The summed E-state index contributed by atoms with van der Waals surface area (Å²) < 4.78 is 0. The zero-order chi connectivity index (χ0) is 13.5. The molecule has 0 aromatic heterocycles. The SMILES string of the molecule is O=C([C@@H]1Cc2ccccc2CN1)N1CC2CCCC2C1. The largest absolute Gasteiger partial charge is 0.341 e. The summed E-state index contributed by atoms with van der Waals surface area (Å²) in [5, 5.41) is 3.43. The fourth-order valence-electron chi connectivity index (χ4n) is 4.26. The molecule has 1 amide bonds. The van der Waals surface area contributed by atoms with Crippen molar-refractivity contribution < 1.29 is 4.79 Å². The third-order valence-electron chi connectivity index (χ3n) is 5.42. The number of amides is 1. The summed E-state index contributed by atoms with van der Waals surface area (Å²) in [5.74, 6) is 1.90. The zero-order valence-corrected chi connectivity index (χ0v) is 11.8. The minimum absolute atomic E-state index is 0.0104. The highest BCUT2D eigenvalue weighted by Gasteiger charge is 2.40. The molecule has 1 N–H and O–H groups in total. The molecule has 1 aliphatic carbocycles. The highest BCUT2D eigenvalue weighted by molar-refractivity contribution is 5.83. The third kappa shape index (κ3) is 2.05. The molecule has 0 radical (unpaired) electrons. The molecule has 2 aliphatic heterocycles. The number of nitrogens with zero attached hydrogens (tertiary/aromatic N) is 1. The van der Waals surface area contributed by atoms with E-state index in [0.29, 0.717) is 5.91 Å². The first kappa shape index (κ1) is 12.4. The maximum absolute atomic E-state index is 12.7. The van der Waals surface area contributed by atoms with Gasteiger partial charge in [0.15, 0.2) is 0 Å². The van der Waals surface area contributed by atoms with Gasteiger partial charge in [0.1, 0.15) is 0 Å². The monoisotopic (exact) mass is 270 g/mol. The maximum atomic E-state index is 12.7. The van der Waals surface area contributed by atoms with Gasteiger partial charge in [-0.3, -0.25) is 4.79 Å². The molecular weight excluding hydrogens is 248 g/mol. The van der Waals surface area contributed by atoms with Crippen LogP contribution in [0, 0.1) is 11.8 Å². The standard InChI is InChI=1S/C17H22N2O/c20-17(19-10-14-6-3-7-15(14)11-19)16-8-12-4-1-2-5-13(12)9-18-16/h1-2,4-5,14-16,18H,3,6-11H2/t14?,15?,16-/m0/s1. The lowest BCUT2D eigenvalue weighted by Crippen LogP contribution is -2.49. The van der Waals surface area contributed by atoms with Crippen molar-refractivity contribution >= 4 is 5.91 Å². The van der Waals surface area contributed by atoms with Crippen LogP contribution in [-0.4, -0.2) is 29.9 Å². The van der Waals surface area contributed by atoms with Crippen molar-refractivity contribution in [3.63, 3.8) is 0 Å². The van der Waals surface area contributed by atoms with Crippen molar-refractivity contribution in [2.45, 2.75) is 38.3 Å². The normalized spacial score (nSPS) is 32.0. The highest BCUT2D eigenvalue weighted by atomic mass is 16.2. The van der Waals surface area contributed by atoms with Crippen molar-refractivity contribution in [1.82, 2.24) is 10.2 Å². The molecule has 20 heavy (non-hydrogen) atoms. The third-order valence-corrected chi connectivity index (χ3v) is 5.42. The Kier molecular flexibility index (Phi) is 3.03. The lowest BCUT2D eigenvalue weighted by molar-refractivity contribution is -0.132. The Morgan fingerprint density at radius 1 is 1.10 bits per heavy atom. The van der Waals surface area contributed by atoms with Gasteiger partial charge in [0.05, 0.1) is 6.04 Å². The molecule has 3 aliphatic rings. The van der Waals surface area contributed by atoms with Crippen molar-refractivity contribution in [3.8, 4) is 0 Å². The Bertz CT molecular complexity index is 515. The predicted octanol–water partition coefficient (Wildman–Crippen LogP) is 1.96. The van der Waals surface area contributed by atoms with Crippen LogP contribution < -0.4 is 5.32 Å². The molecule has 0 spiro atoms. The van der Waals surface area contributed by atoms with E-state index in [1.54, 1.807) is 0 Å². The first-order valence-electron chi connectivity index (χ1n) is 7.90. The Balaban J connectivity index is 1.45. The average molecular weight is 270 g/mol. The van der Waals surface area contributed by atoms with E-state index in [-0.39, 0.29) is 6.04 Å². The number of hydrogen-bond acceptors (Lipinski definition) is 2. The van der Waals surface area contributed by atoms with Crippen LogP contribution in [0.1, 0.15) is 30.4 Å². The van der Waals surface area contributed by atoms with Gasteiger partial charge in [-0.2, -0.15) is 0 Å². The Morgan fingerprint density at radius 2 is 1.80 bits per heavy atom. The number of benzene rings is 1. The van der Waals surface area contributed by atoms with E-state index < -0.39 is 0 Å². The maximum Gasteiger partial charge on any atom is 0.240 e. The van der Waals surface area contributed by atoms with Crippen LogP contribution in [-0.2, 0) is 17.8 Å². The number of hydrogen-bond donors (Lipinski definition) is 1. The van der Waals surface area contributed by atoms with Gasteiger partial charge in [-0.25, -0.2) is 0 Å². The molecule has 2 fully saturated rings. The summed E-state index contributed by atoms with van der Waals surface area (Å²) >= 11 is 0. The Morgan fingerprint density at radius 3 is 2.55 bits per heavy atom. The molecule has 0 bridgehead atoms. The molecule has 1 saturated carbocycles. The fourth-order valence-corrected chi connectivity index (χ4v) is 4.26. The fraction of sp³-hybridized carbons (Fsp3) is 0.588. The second-order valence-corrected chi connectivity index (χ2v) is 6.60. The van der Waals surface area contributed by atoms with Crippen molar-refractivity contribution in [3.05, 3.63) is 35.4 Å². The van der Waals surface area contributed by atoms with Gasteiger partial charge in [0, 0.05) is 19.6 Å². The average Bonchev–Trinajstić information content (AvgIpc) is 3.07. The second-order valence-electron chi connectivity index (χ2n) is 6.60. The van der Waals surface area contributed by atoms with Gasteiger partial charge in [-0.05, 0) is 42.2 Å². The minimum Gasteiger partial charge on any atom is -0.341 e. The quantitative estimate of drug-likeness (QED) is 0.846. The summed E-state index contributed by atoms with van der Waals surface area (Å²) in [6.45, 7) is 2.83. The van der Waals surface area contributed by atoms with Crippen molar-refractivity contribution in [1.29, 1.82) is 0 Å². The molecule has 3 nitrogen and oxygen atoms in total. The summed E-state index contributed by atoms with van der Waals surface area (Å²) in [7, 11) is 0. The van der Waals surface area contributed by atoms with E-state index in [1.807, 2.05) is 0 Å². The number of rotatable bonds is 1. The molecule has 106 valence electrons. The highest BCUT2D eigenvalue weighted by Crippen LogP contribution is 2.38. The lowest BCUT2D eigenvalue weighted by Gasteiger charge is -2.29. The molecule has 1 aromatic carbocycles. The smallest absolute Gasteiger partial charge is 0.240 e. The number of carbonyl (C=O) groups excluding carboxylic acids is 1. The predicted molar refractivity (Wildman–Crippen MR) is 78.2 cm³/mol. The topological polar surface area (TPSA) is 32.3 Å². The van der Waals surface area contributed by atoms with E-state index in [4.69, 9.17) is 0 Å². The van der Waals surface area contributed by atoms with E-state index in [9.17, 15) is 4.79 Å².